The lowest BCUT2D eigenvalue weighted by Gasteiger charge is -2.21. The quantitative estimate of drug-likeness (QED) is 0.871. The topological polar surface area (TPSA) is 41.5 Å². The third kappa shape index (κ3) is 5.81. The minimum absolute atomic E-state index is 0.0719. The Morgan fingerprint density at radius 2 is 1.95 bits per heavy atom. The Hall–Kier alpha value is -0.770. The third-order valence-corrected chi connectivity index (χ3v) is 3.11. The monoisotopic (exact) mass is 285 g/mol. The van der Waals surface area contributed by atoms with Crippen molar-refractivity contribution in [1.82, 2.24) is 5.32 Å². The van der Waals surface area contributed by atoms with Gasteiger partial charge in [0.15, 0.2) is 0 Å². The summed E-state index contributed by atoms with van der Waals surface area (Å²) in [6.45, 7) is 10.6. The molecule has 0 amide bonds. The van der Waals surface area contributed by atoms with Crippen LogP contribution in [-0.4, -0.2) is 22.9 Å². The molecular weight excluding hydrogens is 262 g/mol. The molecule has 108 valence electrons. The normalized spacial score (nSPS) is 15.1. The average Bonchev–Trinajstić information content (AvgIpc) is 2.28. The third-order valence-electron chi connectivity index (χ3n) is 2.81. The van der Waals surface area contributed by atoms with Crippen LogP contribution in [0.3, 0.4) is 0 Å². The molecule has 1 rings (SSSR count). The van der Waals surface area contributed by atoms with Gasteiger partial charge in [-0.25, -0.2) is 0 Å². The Kier molecular flexibility index (Phi) is 5.65. The molecule has 0 saturated carbocycles. The maximum Gasteiger partial charge on any atom is 0.138 e. The van der Waals surface area contributed by atoms with Gasteiger partial charge in [-0.2, -0.15) is 0 Å². The van der Waals surface area contributed by atoms with Crippen molar-refractivity contribution in [1.29, 1.82) is 0 Å². The summed E-state index contributed by atoms with van der Waals surface area (Å²) in [6.07, 6.45) is -0.811. The predicted molar refractivity (Wildman–Crippen MR) is 79.8 cm³/mol. The summed E-state index contributed by atoms with van der Waals surface area (Å²) >= 11 is 6.19. The van der Waals surface area contributed by atoms with Gasteiger partial charge in [0.25, 0.3) is 0 Å². The van der Waals surface area contributed by atoms with Crippen LogP contribution in [0.25, 0.3) is 0 Å². The van der Waals surface area contributed by atoms with E-state index in [0.29, 0.717) is 10.8 Å². The molecule has 2 N–H and O–H groups in total. The fourth-order valence-corrected chi connectivity index (χ4v) is 1.66. The van der Waals surface area contributed by atoms with E-state index in [1.54, 1.807) is 6.92 Å². The van der Waals surface area contributed by atoms with Gasteiger partial charge in [-0.1, -0.05) is 17.7 Å². The molecule has 0 heterocycles. The fourth-order valence-electron chi connectivity index (χ4n) is 1.42. The number of aliphatic hydroxyl groups is 1. The highest BCUT2D eigenvalue weighted by molar-refractivity contribution is 6.32. The number of hydrogen-bond acceptors (Lipinski definition) is 3. The lowest BCUT2D eigenvalue weighted by molar-refractivity contribution is 0.0605. The maximum atomic E-state index is 9.42. The van der Waals surface area contributed by atoms with Gasteiger partial charge in [0.1, 0.15) is 11.9 Å². The number of hydrogen-bond donors (Lipinski definition) is 2. The van der Waals surface area contributed by atoms with Crippen LogP contribution in [0, 0.1) is 0 Å². The first-order valence-electron chi connectivity index (χ1n) is 6.57. The first kappa shape index (κ1) is 16.3. The molecule has 0 aliphatic heterocycles. The summed E-state index contributed by atoms with van der Waals surface area (Å²) < 4.78 is 5.60. The van der Waals surface area contributed by atoms with Crippen molar-refractivity contribution in [2.24, 2.45) is 0 Å². The number of halogens is 1. The zero-order chi connectivity index (χ0) is 14.6. The van der Waals surface area contributed by atoms with Crippen LogP contribution in [0.2, 0.25) is 5.02 Å². The number of ether oxygens (including phenoxy) is 1. The van der Waals surface area contributed by atoms with Crippen molar-refractivity contribution in [3.8, 4) is 5.75 Å². The molecule has 0 saturated heterocycles. The van der Waals surface area contributed by atoms with Crippen LogP contribution in [0.4, 0.5) is 0 Å². The summed E-state index contributed by atoms with van der Waals surface area (Å²) in [5.74, 6) is 0.606. The van der Waals surface area contributed by atoms with Gasteiger partial charge in [-0.15, -0.1) is 0 Å². The molecule has 0 aliphatic rings. The first-order valence-corrected chi connectivity index (χ1v) is 6.95. The smallest absolute Gasteiger partial charge is 0.138 e. The largest absolute Gasteiger partial charge is 0.486 e. The van der Waals surface area contributed by atoms with Crippen LogP contribution < -0.4 is 10.1 Å². The van der Waals surface area contributed by atoms with Crippen molar-refractivity contribution in [3.05, 3.63) is 28.8 Å². The molecule has 4 heteroatoms. The van der Waals surface area contributed by atoms with E-state index in [4.69, 9.17) is 16.3 Å². The summed E-state index contributed by atoms with van der Waals surface area (Å²) in [5.41, 5.74) is 1.18. The van der Waals surface area contributed by atoms with E-state index < -0.39 is 6.10 Å². The van der Waals surface area contributed by atoms with Crippen LogP contribution in [-0.2, 0) is 6.54 Å². The molecule has 0 fully saturated rings. The van der Waals surface area contributed by atoms with Gasteiger partial charge in [-0.3, -0.25) is 0 Å². The Morgan fingerprint density at radius 1 is 1.32 bits per heavy atom. The Balaban J connectivity index is 2.69. The van der Waals surface area contributed by atoms with Crippen molar-refractivity contribution in [3.63, 3.8) is 0 Å². The molecule has 0 bridgehead atoms. The highest BCUT2D eigenvalue weighted by Gasteiger charge is 2.13. The number of benzene rings is 1. The van der Waals surface area contributed by atoms with Crippen LogP contribution in [0.5, 0.6) is 5.75 Å². The van der Waals surface area contributed by atoms with Crippen LogP contribution in [0.15, 0.2) is 18.2 Å². The Morgan fingerprint density at radius 3 is 2.42 bits per heavy atom. The number of rotatable bonds is 5. The van der Waals surface area contributed by atoms with Crippen LogP contribution in [0.1, 0.15) is 40.2 Å². The van der Waals surface area contributed by atoms with E-state index in [9.17, 15) is 5.11 Å². The lowest BCUT2D eigenvalue weighted by atomic mass is 10.1. The second-order valence-electron chi connectivity index (χ2n) is 5.93. The summed E-state index contributed by atoms with van der Waals surface area (Å²) in [7, 11) is 0. The Bertz CT molecular complexity index is 413. The van der Waals surface area contributed by atoms with Crippen molar-refractivity contribution in [2.45, 2.75) is 58.9 Å². The van der Waals surface area contributed by atoms with Crippen molar-refractivity contribution in [2.75, 3.05) is 0 Å². The van der Waals surface area contributed by atoms with Crippen molar-refractivity contribution >= 4 is 11.6 Å². The summed E-state index contributed by atoms with van der Waals surface area (Å²) in [6, 6.07) is 5.72. The molecule has 0 radical (unpaired) electrons. The number of aliphatic hydroxyl groups excluding tert-OH is 1. The molecular formula is C15H24ClNO2. The summed E-state index contributed by atoms with van der Waals surface area (Å²) in [5, 5.41) is 13.4. The van der Waals surface area contributed by atoms with Crippen molar-refractivity contribution < 1.29 is 9.84 Å². The molecule has 2 unspecified atom stereocenters. The van der Waals surface area contributed by atoms with E-state index in [1.165, 1.54) is 0 Å². The average molecular weight is 286 g/mol. The van der Waals surface area contributed by atoms with Gasteiger partial charge in [0, 0.05) is 12.1 Å². The highest BCUT2D eigenvalue weighted by atomic mass is 35.5. The van der Waals surface area contributed by atoms with E-state index >= 15 is 0 Å². The maximum absolute atomic E-state index is 9.42. The zero-order valence-electron chi connectivity index (χ0n) is 12.3. The second-order valence-corrected chi connectivity index (χ2v) is 6.34. The van der Waals surface area contributed by atoms with Gasteiger partial charge in [0.2, 0.25) is 0 Å². The van der Waals surface area contributed by atoms with Crippen LogP contribution >= 0.6 is 11.6 Å². The molecule has 1 aromatic carbocycles. The standard InChI is InChI=1S/C15H24ClNO2/c1-10(18)11(2)19-14-7-6-12(8-13(14)16)9-17-15(3,4)5/h6-8,10-11,17-18H,9H2,1-5H3. The van der Waals surface area contributed by atoms with Gasteiger partial charge in [0.05, 0.1) is 11.1 Å². The SMILES string of the molecule is CC(O)C(C)Oc1ccc(CNC(C)(C)C)cc1Cl. The van der Waals surface area contributed by atoms with E-state index in [-0.39, 0.29) is 11.6 Å². The van der Waals surface area contributed by atoms with Gasteiger partial charge in [-0.05, 0) is 52.3 Å². The minimum atomic E-state index is -0.529. The molecule has 0 aromatic heterocycles. The second kappa shape index (κ2) is 6.60. The van der Waals surface area contributed by atoms with Gasteiger partial charge >= 0.3 is 0 Å². The minimum Gasteiger partial charge on any atom is -0.486 e. The molecule has 19 heavy (non-hydrogen) atoms. The van der Waals surface area contributed by atoms with Gasteiger partial charge < -0.3 is 15.2 Å². The highest BCUT2D eigenvalue weighted by Crippen LogP contribution is 2.27. The van der Waals surface area contributed by atoms with E-state index in [2.05, 4.69) is 26.1 Å². The molecule has 0 spiro atoms. The molecule has 1 aromatic rings. The Labute approximate surface area is 120 Å². The fraction of sp³-hybridized carbons (Fsp3) is 0.600. The predicted octanol–water partition coefficient (Wildman–Crippen LogP) is 3.38. The lowest BCUT2D eigenvalue weighted by Crippen LogP contribution is -2.35. The number of nitrogens with one attached hydrogen (secondary N) is 1. The zero-order valence-corrected chi connectivity index (χ0v) is 13.1. The van der Waals surface area contributed by atoms with E-state index in [0.717, 1.165) is 12.1 Å². The summed E-state index contributed by atoms with van der Waals surface area (Å²) in [4.78, 5) is 0. The molecule has 0 aliphatic carbocycles. The molecule has 2 atom stereocenters. The van der Waals surface area contributed by atoms with E-state index in [1.807, 2.05) is 25.1 Å². The molecule has 3 nitrogen and oxygen atoms in total. The first-order chi connectivity index (χ1) is 8.69.